The Hall–Kier alpha value is -3.12. The monoisotopic (exact) mass is 358 g/mol. The van der Waals surface area contributed by atoms with Crippen molar-refractivity contribution in [3.8, 4) is 11.1 Å². The van der Waals surface area contributed by atoms with Crippen LogP contribution in [0.1, 0.15) is 39.8 Å². The minimum atomic E-state index is 1.11. The molecule has 0 N–H and O–H groups in total. The van der Waals surface area contributed by atoms with Gasteiger partial charge in [-0.05, 0) is 87.6 Å². The maximum Gasteiger partial charge on any atom is -0.00173 e. The molecule has 0 aromatic heterocycles. The fourth-order valence-corrected chi connectivity index (χ4v) is 5.37. The Labute approximate surface area is 166 Å². The van der Waals surface area contributed by atoms with E-state index in [1.165, 1.54) is 60.9 Å². The molecule has 0 radical (unpaired) electrons. The lowest BCUT2D eigenvalue weighted by Crippen LogP contribution is -2.06. The summed E-state index contributed by atoms with van der Waals surface area (Å²) in [5, 5.41) is 2.81. The average molecular weight is 358 g/mol. The van der Waals surface area contributed by atoms with Gasteiger partial charge in [0.15, 0.2) is 0 Å². The van der Waals surface area contributed by atoms with Crippen LogP contribution in [0, 0.1) is 13.8 Å². The molecule has 28 heavy (non-hydrogen) atoms. The van der Waals surface area contributed by atoms with Crippen LogP contribution in [0.3, 0.4) is 0 Å². The lowest BCUT2D eigenvalue weighted by atomic mass is 9.79. The minimum Gasteiger partial charge on any atom is -0.0622 e. The first kappa shape index (κ1) is 15.9. The maximum atomic E-state index is 2.40. The molecular formula is C28H22. The first-order valence-corrected chi connectivity index (χ1v) is 10.2. The van der Waals surface area contributed by atoms with Crippen molar-refractivity contribution in [1.82, 2.24) is 0 Å². The van der Waals surface area contributed by atoms with Gasteiger partial charge in [-0.1, -0.05) is 78.4 Å². The third-order valence-corrected chi connectivity index (χ3v) is 6.62. The fraction of sp³-hybridized carbons (Fsp3) is 0.143. The molecule has 0 atom stereocenters. The molecule has 0 nitrogen and oxygen atoms in total. The predicted octanol–water partition coefficient (Wildman–Crippen LogP) is 7.34. The molecule has 6 rings (SSSR count). The third kappa shape index (κ3) is 2.01. The van der Waals surface area contributed by atoms with Gasteiger partial charge in [-0.3, -0.25) is 0 Å². The van der Waals surface area contributed by atoms with Crippen LogP contribution >= 0.6 is 0 Å². The maximum absolute atomic E-state index is 2.40. The van der Waals surface area contributed by atoms with E-state index in [-0.39, 0.29) is 0 Å². The Kier molecular flexibility index (Phi) is 3.23. The highest BCUT2D eigenvalue weighted by molar-refractivity contribution is 6.19. The molecule has 0 spiro atoms. The zero-order valence-corrected chi connectivity index (χ0v) is 16.3. The van der Waals surface area contributed by atoms with Crippen LogP contribution < -0.4 is 0 Å². The summed E-state index contributed by atoms with van der Waals surface area (Å²) in [6.07, 6.45) is 2.23. The van der Waals surface area contributed by atoms with Gasteiger partial charge in [0, 0.05) is 0 Å². The van der Waals surface area contributed by atoms with E-state index in [0.717, 1.165) is 12.8 Å². The number of hydrogen-bond acceptors (Lipinski definition) is 0. The molecule has 0 heterocycles. The van der Waals surface area contributed by atoms with Crippen LogP contribution in [-0.2, 0) is 6.42 Å². The second-order valence-corrected chi connectivity index (χ2v) is 8.17. The van der Waals surface area contributed by atoms with E-state index in [4.69, 9.17) is 0 Å². The molecule has 0 unspecified atom stereocenters. The first-order valence-electron chi connectivity index (χ1n) is 10.2. The quantitative estimate of drug-likeness (QED) is 0.294. The molecule has 2 aliphatic rings. The zero-order chi connectivity index (χ0) is 18.8. The normalized spacial score (nSPS) is 14.4. The summed E-state index contributed by atoms with van der Waals surface area (Å²) >= 11 is 0. The van der Waals surface area contributed by atoms with Gasteiger partial charge in [0.25, 0.3) is 0 Å². The van der Waals surface area contributed by atoms with E-state index in [1.807, 2.05) is 0 Å². The van der Waals surface area contributed by atoms with Crippen LogP contribution in [0.4, 0.5) is 0 Å². The van der Waals surface area contributed by atoms with Crippen molar-refractivity contribution in [3.63, 3.8) is 0 Å². The zero-order valence-electron chi connectivity index (χ0n) is 16.3. The van der Waals surface area contributed by atoms with Gasteiger partial charge in [-0.15, -0.1) is 0 Å². The summed E-state index contributed by atoms with van der Waals surface area (Å²) in [6, 6.07) is 26.9. The number of allylic oxidation sites excluding steroid dienone is 1. The van der Waals surface area contributed by atoms with Crippen molar-refractivity contribution in [2.45, 2.75) is 26.7 Å². The van der Waals surface area contributed by atoms with Crippen LogP contribution in [0.5, 0.6) is 0 Å². The molecule has 0 saturated heterocycles. The molecule has 0 amide bonds. The fourth-order valence-electron chi connectivity index (χ4n) is 5.37. The highest BCUT2D eigenvalue weighted by atomic mass is 14.4. The van der Waals surface area contributed by atoms with E-state index in [2.05, 4.69) is 86.6 Å². The molecule has 4 aromatic rings. The van der Waals surface area contributed by atoms with Crippen molar-refractivity contribution in [1.29, 1.82) is 0 Å². The minimum absolute atomic E-state index is 1.11. The number of aryl methyl sites for hydroxylation is 2. The average Bonchev–Trinajstić information content (AvgIpc) is 3.07. The van der Waals surface area contributed by atoms with Gasteiger partial charge in [0.1, 0.15) is 0 Å². The lowest BCUT2D eigenvalue weighted by molar-refractivity contribution is 0.987. The second kappa shape index (κ2) is 5.69. The summed E-state index contributed by atoms with van der Waals surface area (Å²) in [5.74, 6) is 0. The number of hydrogen-bond donors (Lipinski definition) is 0. The van der Waals surface area contributed by atoms with Crippen molar-refractivity contribution in [2.24, 2.45) is 0 Å². The van der Waals surface area contributed by atoms with Crippen molar-refractivity contribution in [2.75, 3.05) is 0 Å². The van der Waals surface area contributed by atoms with E-state index in [0.29, 0.717) is 0 Å². The van der Waals surface area contributed by atoms with Gasteiger partial charge >= 0.3 is 0 Å². The molecule has 0 heteroatoms. The summed E-state index contributed by atoms with van der Waals surface area (Å²) in [7, 11) is 0. The number of fused-ring (bicyclic) bond motifs is 5. The van der Waals surface area contributed by atoms with E-state index in [1.54, 1.807) is 5.56 Å². The number of benzene rings is 4. The van der Waals surface area contributed by atoms with Crippen molar-refractivity contribution >= 4 is 21.9 Å². The molecule has 0 aliphatic heterocycles. The molecular weight excluding hydrogens is 336 g/mol. The van der Waals surface area contributed by atoms with Crippen molar-refractivity contribution < 1.29 is 0 Å². The first-order chi connectivity index (χ1) is 13.7. The van der Waals surface area contributed by atoms with E-state index >= 15 is 0 Å². The van der Waals surface area contributed by atoms with Crippen LogP contribution in [-0.4, -0.2) is 0 Å². The molecule has 134 valence electrons. The Bertz CT molecular complexity index is 1300. The predicted molar refractivity (Wildman–Crippen MR) is 120 cm³/mol. The summed E-state index contributed by atoms with van der Waals surface area (Å²) in [6.45, 7) is 4.52. The topological polar surface area (TPSA) is 0 Å². The third-order valence-electron chi connectivity index (χ3n) is 6.62. The molecule has 0 saturated carbocycles. The Balaban J connectivity index is 1.83. The van der Waals surface area contributed by atoms with Gasteiger partial charge in [0.2, 0.25) is 0 Å². The van der Waals surface area contributed by atoms with Crippen molar-refractivity contribution in [3.05, 3.63) is 106 Å². The van der Waals surface area contributed by atoms with Crippen LogP contribution in [0.25, 0.3) is 33.0 Å². The van der Waals surface area contributed by atoms with E-state index in [9.17, 15) is 0 Å². The van der Waals surface area contributed by atoms with Gasteiger partial charge in [-0.2, -0.15) is 0 Å². The van der Waals surface area contributed by atoms with E-state index < -0.39 is 0 Å². The summed E-state index contributed by atoms with van der Waals surface area (Å²) < 4.78 is 0. The number of rotatable bonds is 1. The highest BCUT2D eigenvalue weighted by Gasteiger charge is 2.34. The second-order valence-electron chi connectivity index (χ2n) is 8.17. The van der Waals surface area contributed by atoms with Crippen LogP contribution in [0.2, 0.25) is 0 Å². The van der Waals surface area contributed by atoms with Gasteiger partial charge < -0.3 is 0 Å². The Morgan fingerprint density at radius 1 is 0.643 bits per heavy atom. The molecule has 2 aliphatic carbocycles. The molecule has 4 aromatic carbocycles. The largest absolute Gasteiger partial charge is 0.0622 e. The smallest absolute Gasteiger partial charge is 0.00173 e. The lowest BCUT2D eigenvalue weighted by Gasteiger charge is -2.25. The summed E-state index contributed by atoms with van der Waals surface area (Å²) in [4.78, 5) is 0. The summed E-state index contributed by atoms with van der Waals surface area (Å²) in [5.41, 5.74) is 14.5. The van der Waals surface area contributed by atoms with Gasteiger partial charge in [0.05, 0.1) is 0 Å². The molecule has 0 fully saturated rings. The standard InChI is InChI=1S/C28H22/c1-17-12-13-24-25(16-17)26-22(19-8-4-3-5-9-19)15-14-21-18(2)20-10-6-7-11-23(20)27(24)28(21)26/h3-13,16H,14-15H2,1-2H3. The van der Waals surface area contributed by atoms with Crippen LogP contribution in [0.15, 0.2) is 72.8 Å². The highest BCUT2D eigenvalue weighted by Crippen LogP contribution is 2.55. The van der Waals surface area contributed by atoms with Gasteiger partial charge in [-0.25, -0.2) is 0 Å². The Morgan fingerprint density at radius 2 is 1.39 bits per heavy atom. The Morgan fingerprint density at radius 3 is 2.21 bits per heavy atom. The SMILES string of the molecule is Cc1ccc2c(c1)C1=C(c3ccccc3)CCc3c1c-2c1ccccc1c3C. The molecule has 0 bridgehead atoms.